The van der Waals surface area contributed by atoms with Crippen molar-refractivity contribution in [2.24, 2.45) is 0 Å². The number of hydrogen-bond donors (Lipinski definition) is 1. The molecule has 1 atom stereocenters. The van der Waals surface area contributed by atoms with Crippen LogP contribution in [0, 0.1) is 0 Å². The van der Waals surface area contributed by atoms with E-state index in [1.54, 1.807) is 6.07 Å². The van der Waals surface area contributed by atoms with Gasteiger partial charge in [0.15, 0.2) is 17.3 Å². The van der Waals surface area contributed by atoms with Crippen molar-refractivity contribution in [1.29, 1.82) is 0 Å². The molecule has 2 aromatic heterocycles. The van der Waals surface area contributed by atoms with Gasteiger partial charge < -0.3 is 18.8 Å². The van der Waals surface area contributed by atoms with Crippen molar-refractivity contribution in [2.45, 2.75) is 16.5 Å². The Morgan fingerprint density at radius 3 is 2.70 bits per heavy atom. The predicted octanol–water partition coefficient (Wildman–Crippen LogP) is 3.45. The molecule has 3 aromatic rings. The van der Waals surface area contributed by atoms with E-state index in [1.807, 2.05) is 0 Å². The molecule has 1 aromatic carbocycles. The Morgan fingerprint density at radius 2 is 2.04 bits per heavy atom. The summed E-state index contributed by atoms with van der Waals surface area (Å²) in [7, 11) is 2.95. The molecule has 0 saturated heterocycles. The molecule has 1 unspecified atom stereocenters. The lowest BCUT2D eigenvalue weighted by molar-refractivity contribution is -0.0964. The fourth-order valence-electron chi connectivity index (χ4n) is 2.41. The minimum absolute atomic E-state index is 0.0172. The van der Waals surface area contributed by atoms with Crippen LogP contribution in [0.4, 0.5) is 8.78 Å². The maximum absolute atomic E-state index is 12.8. The SMILES string of the molecule is COc1ccnc(C[S+]([O-])c2nc3cc(OC(F)(F)Cl)ccc3[nH]2)c1OC. The Morgan fingerprint density at radius 1 is 1.26 bits per heavy atom. The van der Waals surface area contributed by atoms with Crippen LogP contribution in [0.15, 0.2) is 35.6 Å². The van der Waals surface area contributed by atoms with Gasteiger partial charge in [-0.25, -0.2) is 0 Å². The van der Waals surface area contributed by atoms with Crippen LogP contribution in [0.5, 0.6) is 17.2 Å². The van der Waals surface area contributed by atoms with E-state index in [0.29, 0.717) is 28.2 Å². The molecular weight excluding hydrogens is 404 g/mol. The van der Waals surface area contributed by atoms with Crippen molar-refractivity contribution >= 4 is 33.8 Å². The molecule has 0 amide bonds. The number of imidazole rings is 1. The van der Waals surface area contributed by atoms with E-state index in [-0.39, 0.29) is 16.7 Å². The van der Waals surface area contributed by atoms with Gasteiger partial charge in [0.1, 0.15) is 11.4 Å². The quantitative estimate of drug-likeness (QED) is 0.467. The first-order valence-electron chi connectivity index (χ1n) is 7.50. The fourth-order valence-corrected chi connectivity index (χ4v) is 3.52. The molecule has 0 aliphatic heterocycles. The molecule has 144 valence electrons. The number of benzene rings is 1. The highest BCUT2D eigenvalue weighted by molar-refractivity contribution is 7.90. The van der Waals surface area contributed by atoms with E-state index in [1.165, 1.54) is 38.6 Å². The molecule has 0 saturated carbocycles. The number of ether oxygens (including phenoxy) is 3. The van der Waals surface area contributed by atoms with Gasteiger partial charge >= 0.3 is 10.7 Å². The lowest BCUT2D eigenvalue weighted by Crippen LogP contribution is -2.15. The molecule has 3 rings (SSSR count). The predicted molar refractivity (Wildman–Crippen MR) is 95.0 cm³/mol. The van der Waals surface area contributed by atoms with Gasteiger partial charge in [-0.3, -0.25) is 9.97 Å². The number of halogens is 3. The average Bonchev–Trinajstić information content (AvgIpc) is 3.03. The number of aromatic amines is 1. The first-order valence-corrected chi connectivity index (χ1v) is 9.20. The van der Waals surface area contributed by atoms with E-state index in [0.717, 1.165) is 0 Å². The van der Waals surface area contributed by atoms with Crippen LogP contribution in [0.1, 0.15) is 5.69 Å². The van der Waals surface area contributed by atoms with Gasteiger partial charge in [0.2, 0.25) is 0 Å². The van der Waals surface area contributed by atoms with Gasteiger partial charge in [0.05, 0.1) is 25.3 Å². The summed E-state index contributed by atoms with van der Waals surface area (Å²) in [5.74, 6) is 0.698. The first kappa shape index (κ1) is 19.5. The Balaban J connectivity index is 1.85. The second kappa shape index (κ2) is 7.75. The van der Waals surface area contributed by atoms with Crippen LogP contribution in [0.2, 0.25) is 0 Å². The summed E-state index contributed by atoms with van der Waals surface area (Å²) < 4.78 is 52.9. The van der Waals surface area contributed by atoms with Crippen molar-refractivity contribution in [1.82, 2.24) is 15.0 Å². The lowest BCUT2D eigenvalue weighted by Gasteiger charge is -2.12. The summed E-state index contributed by atoms with van der Waals surface area (Å²) in [5.41, 5.74) is -2.58. The van der Waals surface area contributed by atoms with E-state index < -0.39 is 16.7 Å². The summed E-state index contributed by atoms with van der Waals surface area (Å²) in [6.07, 6.45) is 1.52. The van der Waals surface area contributed by atoms with Crippen molar-refractivity contribution < 1.29 is 27.5 Å². The zero-order valence-electron chi connectivity index (χ0n) is 14.2. The highest BCUT2D eigenvalue weighted by Gasteiger charge is 2.28. The number of H-pyrrole nitrogens is 1. The van der Waals surface area contributed by atoms with Crippen molar-refractivity contribution in [3.8, 4) is 17.2 Å². The molecule has 11 heteroatoms. The minimum Gasteiger partial charge on any atom is -0.609 e. The maximum atomic E-state index is 12.8. The van der Waals surface area contributed by atoms with Crippen molar-refractivity contribution in [2.75, 3.05) is 14.2 Å². The molecular formula is C16H14ClF2N3O4S. The van der Waals surface area contributed by atoms with Gasteiger partial charge in [-0.05, 0) is 12.1 Å². The standard InChI is InChI=1S/C16H14ClF2N3O4S/c1-24-13-5-6-20-12(14(13)25-2)8-27(23)15-21-10-4-3-9(7-11(10)22-15)26-16(17,18)19/h3-7H,8H2,1-2H3,(H,21,22). The van der Waals surface area contributed by atoms with Crippen LogP contribution in [0.25, 0.3) is 11.0 Å². The van der Waals surface area contributed by atoms with E-state index in [4.69, 9.17) is 21.1 Å². The average molecular weight is 418 g/mol. The molecule has 0 radical (unpaired) electrons. The van der Waals surface area contributed by atoms with Crippen LogP contribution in [-0.4, -0.2) is 39.3 Å². The second-order valence-corrected chi connectivity index (χ2v) is 7.06. The zero-order valence-corrected chi connectivity index (χ0v) is 15.7. The topological polar surface area (TPSA) is 92.3 Å². The molecule has 2 heterocycles. The largest absolute Gasteiger partial charge is 0.609 e. The number of nitrogens with zero attached hydrogens (tertiary/aromatic N) is 2. The van der Waals surface area contributed by atoms with Crippen LogP contribution in [-0.2, 0) is 16.9 Å². The number of alkyl halides is 3. The Kier molecular flexibility index (Phi) is 5.59. The van der Waals surface area contributed by atoms with Gasteiger partial charge in [-0.2, -0.15) is 4.98 Å². The minimum atomic E-state index is -3.83. The van der Waals surface area contributed by atoms with Crippen LogP contribution in [0.3, 0.4) is 0 Å². The van der Waals surface area contributed by atoms with Crippen LogP contribution >= 0.6 is 11.6 Å². The summed E-state index contributed by atoms with van der Waals surface area (Å²) in [5, 5.41) is 0.159. The van der Waals surface area contributed by atoms with E-state index in [9.17, 15) is 13.3 Å². The Hall–Kier alpha value is -2.30. The van der Waals surface area contributed by atoms with Crippen molar-refractivity contribution in [3.63, 3.8) is 0 Å². The summed E-state index contributed by atoms with van der Waals surface area (Å²) in [6.45, 7) is 0. The van der Waals surface area contributed by atoms with Gasteiger partial charge in [0, 0.05) is 41.1 Å². The molecule has 0 bridgehead atoms. The number of rotatable bonds is 7. The highest BCUT2D eigenvalue weighted by atomic mass is 35.5. The summed E-state index contributed by atoms with van der Waals surface area (Å²) >= 11 is 3.16. The molecule has 7 nitrogen and oxygen atoms in total. The first-order chi connectivity index (χ1) is 12.8. The zero-order chi connectivity index (χ0) is 19.6. The Labute approximate surface area is 160 Å². The monoisotopic (exact) mass is 417 g/mol. The molecule has 0 fully saturated rings. The number of pyridine rings is 1. The third-order valence-electron chi connectivity index (χ3n) is 3.52. The highest BCUT2D eigenvalue weighted by Crippen LogP contribution is 2.32. The Bertz CT molecular complexity index is 951. The molecule has 27 heavy (non-hydrogen) atoms. The van der Waals surface area contributed by atoms with Crippen LogP contribution < -0.4 is 14.2 Å². The molecule has 0 aliphatic rings. The molecule has 0 spiro atoms. The number of methoxy groups -OCH3 is 2. The third-order valence-corrected chi connectivity index (χ3v) is 4.75. The maximum Gasteiger partial charge on any atom is 0.487 e. The molecule has 0 aliphatic carbocycles. The number of fused-ring (bicyclic) bond motifs is 1. The summed E-state index contributed by atoms with van der Waals surface area (Å²) in [4.78, 5) is 11.2. The normalized spacial score (nSPS) is 12.8. The van der Waals surface area contributed by atoms with Gasteiger partial charge in [-0.15, -0.1) is 8.78 Å². The molecule has 1 N–H and O–H groups in total. The lowest BCUT2D eigenvalue weighted by atomic mass is 10.3. The second-order valence-electron chi connectivity index (χ2n) is 5.25. The summed E-state index contributed by atoms with van der Waals surface area (Å²) in [6, 6.07) is 5.68. The fraction of sp³-hybridized carbons (Fsp3) is 0.250. The van der Waals surface area contributed by atoms with Gasteiger partial charge in [0.25, 0.3) is 0 Å². The van der Waals surface area contributed by atoms with E-state index >= 15 is 0 Å². The third kappa shape index (κ3) is 4.52. The number of nitrogens with one attached hydrogen (secondary N) is 1. The van der Waals surface area contributed by atoms with E-state index in [2.05, 4.69) is 19.7 Å². The number of hydrogen-bond acceptors (Lipinski definition) is 6. The smallest absolute Gasteiger partial charge is 0.487 e. The number of aromatic nitrogens is 3. The van der Waals surface area contributed by atoms with Gasteiger partial charge in [-0.1, -0.05) is 0 Å². The van der Waals surface area contributed by atoms with Crippen molar-refractivity contribution in [3.05, 3.63) is 36.2 Å².